The summed E-state index contributed by atoms with van der Waals surface area (Å²) in [6.45, 7) is 15.7. The summed E-state index contributed by atoms with van der Waals surface area (Å²) >= 11 is 0. The minimum Gasteiger partial charge on any atom is -0.491 e. The van der Waals surface area contributed by atoms with Crippen molar-refractivity contribution < 1.29 is 14.3 Å². The molecule has 1 amide bonds. The van der Waals surface area contributed by atoms with Gasteiger partial charge in [0.2, 0.25) is 5.91 Å². The molecule has 0 heterocycles. The Kier molecular flexibility index (Phi) is 9.12. The van der Waals surface area contributed by atoms with Gasteiger partial charge < -0.3 is 14.4 Å². The molecule has 0 aliphatic carbocycles. The molecule has 0 aromatic heterocycles. The monoisotopic (exact) mass is 425 g/mol. The molecule has 0 unspecified atom stereocenters. The fourth-order valence-electron chi connectivity index (χ4n) is 4.08. The number of hydrogen-bond acceptors (Lipinski definition) is 3. The first-order valence-corrected chi connectivity index (χ1v) is 11.2. The molecule has 0 atom stereocenters. The molecule has 2 aromatic rings. The molecule has 0 aliphatic heterocycles. The van der Waals surface area contributed by atoms with E-state index in [1.54, 1.807) is 11.8 Å². The number of carbonyl (C=O) groups is 1. The summed E-state index contributed by atoms with van der Waals surface area (Å²) in [6.07, 6.45) is 1.12. The lowest BCUT2D eigenvalue weighted by molar-refractivity contribution is -0.130. The summed E-state index contributed by atoms with van der Waals surface area (Å²) < 4.78 is 11.5. The van der Waals surface area contributed by atoms with E-state index in [9.17, 15) is 4.79 Å². The van der Waals surface area contributed by atoms with E-state index >= 15 is 0 Å². The zero-order chi connectivity index (χ0) is 22.9. The second-order valence-electron chi connectivity index (χ2n) is 10.0. The number of carbonyl (C=O) groups excluding carboxylic acids is 1. The molecule has 0 spiro atoms. The van der Waals surface area contributed by atoms with Crippen molar-refractivity contribution in [2.24, 2.45) is 5.41 Å². The predicted molar refractivity (Wildman–Crippen MR) is 127 cm³/mol. The van der Waals surface area contributed by atoms with Gasteiger partial charge in [-0.15, -0.1) is 0 Å². The van der Waals surface area contributed by atoms with Gasteiger partial charge in [0.05, 0.1) is 13.2 Å². The summed E-state index contributed by atoms with van der Waals surface area (Å²) in [5, 5.41) is 0. The molecule has 2 aromatic carbocycles. The lowest BCUT2D eigenvalue weighted by Crippen LogP contribution is -2.31. The number of benzene rings is 2. The van der Waals surface area contributed by atoms with Crippen LogP contribution < -0.4 is 4.74 Å². The highest BCUT2D eigenvalue weighted by atomic mass is 16.5. The minimum atomic E-state index is 0.0539. The van der Waals surface area contributed by atoms with Gasteiger partial charge in [0.15, 0.2) is 0 Å². The van der Waals surface area contributed by atoms with Crippen LogP contribution in [0.25, 0.3) is 0 Å². The molecule has 4 heteroatoms. The predicted octanol–water partition coefficient (Wildman–Crippen LogP) is 5.84. The Hall–Kier alpha value is -2.33. The lowest BCUT2D eigenvalue weighted by Gasteiger charge is -2.33. The van der Waals surface area contributed by atoms with E-state index in [2.05, 4.69) is 46.8 Å². The highest BCUT2D eigenvalue weighted by molar-refractivity contribution is 5.73. The maximum Gasteiger partial charge on any atom is 0.219 e. The van der Waals surface area contributed by atoms with E-state index in [-0.39, 0.29) is 16.7 Å². The molecule has 0 saturated carbocycles. The summed E-state index contributed by atoms with van der Waals surface area (Å²) in [6, 6.07) is 18.4. The van der Waals surface area contributed by atoms with E-state index in [1.165, 1.54) is 5.56 Å². The molecule has 170 valence electrons. The van der Waals surface area contributed by atoms with Crippen molar-refractivity contribution in [3.63, 3.8) is 0 Å². The molecule has 2 rings (SSSR count). The average molecular weight is 426 g/mol. The zero-order valence-electron chi connectivity index (χ0n) is 20.1. The quantitative estimate of drug-likeness (QED) is 0.424. The van der Waals surface area contributed by atoms with Crippen LogP contribution in [-0.2, 0) is 21.5 Å². The van der Waals surface area contributed by atoms with Crippen LogP contribution in [0.15, 0.2) is 54.6 Å². The van der Waals surface area contributed by atoms with Gasteiger partial charge in [0, 0.05) is 20.0 Å². The van der Waals surface area contributed by atoms with Gasteiger partial charge in [-0.25, -0.2) is 0 Å². The third-order valence-electron chi connectivity index (χ3n) is 5.27. The Labute approximate surface area is 188 Å². The van der Waals surface area contributed by atoms with Crippen LogP contribution in [0.2, 0.25) is 0 Å². The fraction of sp³-hybridized carbons (Fsp3) is 0.519. The fourth-order valence-corrected chi connectivity index (χ4v) is 4.08. The van der Waals surface area contributed by atoms with Crippen LogP contribution in [0.3, 0.4) is 0 Å². The maximum absolute atomic E-state index is 11.9. The maximum atomic E-state index is 11.9. The van der Waals surface area contributed by atoms with Gasteiger partial charge in [-0.05, 0) is 40.5 Å². The normalized spacial score (nSPS) is 11.9. The van der Waals surface area contributed by atoms with Crippen molar-refractivity contribution in [2.75, 3.05) is 26.4 Å². The van der Waals surface area contributed by atoms with Crippen LogP contribution >= 0.6 is 0 Å². The van der Waals surface area contributed by atoms with Crippen LogP contribution in [0.5, 0.6) is 5.75 Å². The van der Waals surface area contributed by atoms with Gasteiger partial charge >= 0.3 is 0 Å². The first-order valence-electron chi connectivity index (χ1n) is 11.2. The zero-order valence-corrected chi connectivity index (χ0v) is 20.1. The molecule has 0 bridgehead atoms. The van der Waals surface area contributed by atoms with Crippen LogP contribution in [-0.4, -0.2) is 37.2 Å². The Balaban J connectivity index is 1.70. The molecule has 0 fully saturated rings. The third-order valence-corrected chi connectivity index (χ3v) is 5.27. The number of hydrogen-bond donors (Lipinski definition) is 0. The molecule has 0 saturated heterocycles. The largest absolute Gasteiger partial charge is 0.491 e. The Morgan fingerprint density at radius 3 is 2.10 bits per heavy atom. The summed E-state index contributed by atoms with van der Waals surface area (Å²) in [5.41, 5.74) is 2.86. The van der Waals surface area contributed by atoms with Crippen molar-refractivity contribution in [1.82, 2.24) is 4.90 Å². The number of rotatable bonds is 11. The first-order chi connectivity index (χ1) is 14.6. The van der Waals surface area contributed by atoms with Gasteiger partial charge in [-0.3, -0.25) is 4.79 Å². The van der Waals surface area contributed by atoms with Gasteiger partial charge in [-0.1, -0.05) is 77.1 Å². The van der Waals surface area contributed by atoms with Crippen LogP contribution in [0.4, 0.5) is 0 Å². The Morgan fingerprint density at radius 1 is 0.871 bits per heavy atom. The van der Waals surface area contributed by atoms with E-state index in [0.717, 1.165) is 17.7 Å². The molecule has 0 radical (unpaired) electrons. The molecule has 0 N–H and O–H groups in total. The molecule has 0 aliphatic rings. The number of nitrogens with zero attached hydrogens (tertiary/aromatic N) is 1. The average Bonchev–Trinajstić information content (AvgIpc) is 2.69. The van der Waals surface area contributed by atoms with E-state index < -0.39 is 0 Å². The van der Waals surface area contributed by atoms with Crippen molar-refractivity contribution >= 4 is 5.91 Å². The van der Waals surface area contributed by atoms with Crippen molar-refractivity contribution in [1.29, 1.82) is 0 Å². The summed E-state index contributed by atoms with van der Waals surface area (Å²) in [7, 11) is 0. The third kappa shape index (κ3) is 9.14. The van der Waals surface area contributed by atoms with Crippen molar-refractivity contribution in [2.45, 2.75) is 59.9 Å². The number of amides is 1. The summed E-state index contributed by atoms with van der Waals surface area (Å²) in [4.78, 5) is 13.7. The van der Waals surface area contributed by atoms with Crippen LogP contribution in [0, 0.1) is 5.41 Å². The topological polar surface area (TPSA) is 38.8 Å². The molecular formula is C27H39NO3. The SMILES string of the molecule is CC(=O)N(CCOCCOc1ccc(C(C)(C)CC(C)(C)C)cc1)Cc1ccccc1. The minimum absolute atomic E-state index is 0.0539. The summed E-state index contributed by atoms with van der Waals surface area (Å²) in [5.74, 6) is 0.909. The van der Waals surface area contributed by atoms with E-state index in [4.69, 9.17) is 9.47 Å². The highest BCUT2D eigenvalue weighted by Crippen LogP contribution is 2.36. The van der Waals surface area contributed by atoms with Crippen LogP contribution in [0.1, 0.15) is 59.1 Å². The van der Waals surface area contributed by atoms with Crippen molar-refractivity contribution in [3.8, 4) is 5.75 Å². The second kappa shape index (κ2) is 11.3. The van der Waals surface area contributed by atoms with Gasteiger partial charge in [-0.2, -0.15) is 0 Å². The molecular weight excluding hydrogens is 386 g/mol. The first kappa shape index (κ1) is 24.9. The molecule has 4 nitrogen and oxygen atoms in total. The van der Waals surface area contributed by atoms with E-state index in [0.29, 0.717) is 32.9 Å². The lowest BCUT2D eigenvalue weighted by atomic mass is 9.72. The smallest absolute Gasteiger partial charge is 0.219 e. The van der Waals surface area contributed by atoms with Gasteiger partial charge in [0.1, 0.15) is 12.4 Å². The Bertz CT molecular complexity index is 791. The second-order valence-corrected chi connectivity index (χ2v) is 10.0. The highest BCUT2D eigenvalue weighted by Gasteiger charge is 2.27. The van der Waals surface area contributed by atoms with Gasteiger partial charge in [0.25, 0.3) is 0 Å². The number of ether oxygens (including phenoxy) is 2. The van der Waals surface area contributed by atoms with Crippen molar-refractivity contribution in [3.05, 3.63) is 65.7 Å². The molecule has 31 heavy (non-hydrogen) atoms. The Morgan fingerprint density at radius 2 is 1.52 bits per heavy atom. The standard InChI is InChI=1S/C27H39NO3/c1-22(29)28(20-23-10-8-7-9-11-23)16-17-30-18-19-31-25-14-12-24(13-15-25)27(5,6)21-26(2,3)4/h7-15H,16-21H2,1-6H3. The van der Waals surface area contributed by atoms with E-state index in [1.807, 2.05) is 42.5 Å².